The number of aliphatic hydroxyl groups is 14. The Morgan fingerprint density at radius 1 is 0.541 bits per heavy atom. The molecule has 0 bridgehead atoms. The standard InChI is InChI=1S/C52H86O22/c1-47(2)13-14-52(22-56)24(15-47)23-7-8-30-48(3)11-10-32(49(4,21-55)29(48)9-12-50(30,5)51(23,6)16-31(52)59)71-45-41(34(61)26(58)20-68-45)74-44-39(66)37(64)40(28(18-54)70-44)72-46-42(36(63)35(62)27(17-53)69-46)73-43-38(65)33(60)25(57)19-67-43/h7,24-46,53-66H,8-22H2,1-6H3/t24-,25-,26+,27-,28-,29-,30-,31-,32+,33+,34+,35-,36+,37-,38-,39-,40-,41-,42-,43+,44+,45+,46+,48+,49+,50-,51-,52-/m1/s1. The van der Waals surface area contributed by atoms with Crippen molar-refractivity contribution in [3.05, 3.63) is 11.6 Å². The molecule has 14 N–H and O–H groups in total. The van der Waals surface area contributed by atoms with Crippen LogP contribution in [0.4, 0.5) is 0 Å². The zero-order chi connectivity index (χ0) is 53.8. The van der Waals surface area contributed by atoms with Gasteiger partial charge < -0.3 is 109 Å². The van der Waals surface area contributed by atoms with Crippen LogP contribution in [0.25, 0.3) is 0 Å². The summed E-state index contributed by atoms with van der Waals surface area (Å²) in [5.41, 5.74) is -0.790. The van der Waals surface area contributed by atoms with Gasteiger partial charge in [-0.05, 0) is 97.2 Å². The fourth-order valence-electron chi connectivity index (χ4n) is 16.2. The Morgan fingerprint density at radius 3 is 1.80 bits per heavy atom. The highest BCUT2D eigenvalue weighted by atomic mass is 16.8. The van der Waals surface area contributed by atoms with E-state index in [2.05, 4.69) is 40.7 Å². The minimum Gasteiger partial charge on any atom is -0.396 e. The lowest BCUT2D eigenvalue weighted by molar-refractivity contribution is -0.394. The van der Waals surface area contributed by atoms with Gasteiger partial charge in [-0.2, -0.15) is 0 Å². The predicted molar refractivity (Wildman–Crippen MR) is 253 cm³/mol. The third-order valence-electron chi connectivity index (χ3n) is 21.0. The maximum atomic E-state index is 12.1. The van der Waals surface area contributed by atoms with Crippen molar-refractivity contribution in [1.82, 2.24) is 0 Å². The van der Waals surface area contributed by atoms with E-state index in [9.17, 15) is 71.5 Å². The third-order valence-corrected chi connectivity index (χ3v) is 21.0. The van der Waals surface area contributed by atoms with Crippen molar-refractivity contribution in [2.75, 3.05) is 39.6 Å². The van der Waals surface area contributed by atoms with Crippen LogP contribution in [0, 0.1) is 50.2 Å². The Hall–Kier alpha value is -1.14. The monoisotopic (exact) mass is 1060 g/mol. The molecule has 9 aliphatic rings. The van der Waals surface area contributed by atoms with Crippen LogP contribution in [0.1, 0.15) is 99.3 Å². The summed E-state index contributed by atoms with van der Waals surface area (Å²) in [5.74, 6) is 0.195. The van der Waals surface area contributed by atoms with Crippen LogP contribution in [0.2, 0.25) is 0 Å². The number of hydrogen-bond donors (Lipinski definition) is 14. The summed E-state index contributed by atoms with van der Waals surface area (Å²) in [7, 11) is 0. The van der Waals surface area contributed by atoms with Gasteiger partial charge in [-0.3, -0.25) is 0 Å². The summed E-state index contributed by atoms with van der Waals surface area (Å²) in [4.78, 5) is 0. The first-order valence-electron chi connectivity index (χ1n) is 26.9. The average molecular weight is 1060 g/mol. The first-order chi connectivity index (χ1) is 34.8. The summed E-state index contributed by atoms with van der Waals surface area (Å²) >= 11 is 0. The SMILES string of the molecule is CC1(C)CC[C@]2(CO)[C@H](O)C[C@]3(C)C(=CC[C@@H]4[C@@]5(C)CC[C@H](O[C@@H]6OC[C@H](O)[C@H](O)[C@H]6O[C@@H]6O[C@H](CO)[C@@H](O[C@@H]7O[C@H](CO)[C@@H](O)[C@H](O)[C@H]7O[C@@H]7OC[C@@H](O)[C@H](O)[C@H]7O)[C@H](O)[C@H]6O)[C@@](C)(CO)[C@@H]5CC[C@]43C)[C@H]2C1. The second-order valence-corrected chi connectivity index (χ2v) is 25.4. The molecule has 0 unspecified atom stereocenters. The number of rotatable bonds is 12. The number of aliphatic hydroxyl groups excluding tert-OH is 14. The van der Waals surface area contributed by atoms with Crippen LogP contribution in [0.5, 0.6) is 0 Å². The normalized spacial score (nSPS) is 55.5. The molecule has 0 aromatic rings. The molecule has 426 valence electrons. The molecular weight excluding hydrogens is 977 g/mol. The summed E-state index contributed by atoms with van der Waals surface area (Å²) in [6, 6.07) is 0. The van der Waals surface area contributed by atoms with E-state index in [0.717, 1.165) is 38.5 Å². The molecule has 4 aliphatic heterocycles. The van der Waals surface area contributed by atoms with Crippen molar-refractivity contribution in [2.45, 2.75) is 222 Å². The van der Waals surface area contributed by atoms with Crippen LogP contribution in [-0.4, -0.2) is 234 Å². The fraction of sp³-hybridized carbons (Fsp3) is 0.962. The second kappa shape index (κ2) is 21.1. The first kappa shape index (κ1) is 57.5. The molecule has 0 amide bonds. The topological polar surface area (TPSA) is 357 Å². The van der Waals surface area contributed by atoms with Gasteiger partial charge in [0.15, 0.2) is 25.2 Å². The number of fused-ring (bicyclic) bond motifs is 7. The zero-order valence-corrected chi connectivity index (χ0v) is 43.5. The second-order valence-electron chi connectivity index (χ2n) is 25.4. The molecular formula is C52H86O22. The predicted octanol–water partition coefficient (Wildman–Crippen LogP) is -2.34. The van der Waals surface area contributed by atoms with E-state index in [-0.39, 0.29) is 59.2 Å². The molecule has 4 saturated heterocycles. The van der Waals surface area contributed by atoms with Crippen LogP contribution >= 0.6 is 0 Å². The minimum absolute atomic E-state index is 0.0493. The van der Waals surface area contributed by atoms with Crippen LogP contribution < -0.4 is 0 Å². The van der Waals surface area contributed by atoms with E-state index in [4.69, 9.17) is 37.9 Å². The maximum Gasteiger partial charge on any atom is 0.187 e. The molecule has 0 aromatic heterocycles. The van der Waals surface area contributed by atoms with E-state index >= 15 is 0 Å². The van der Waals surface area contributed by atoms with E-state index in [0.29, 0.717) is 19.3 Å². The first-order valence-corrected chi connectivity index (χ1v) is 26.9. The van der Waals surface area contributed by atoms with Gasteiger partial charge in [-0.1, -0.05) is 53.2 Å². The van der Waals surface area contributed by atoms with Gasteiger partial charge in [0.25, 0.3) is 0 Å². The summed E-state index contributed by atoms with van der Waals surface area (Å²) in [5, 5.41) is 153. The van der Waals surface area contributed by atoms with Gasteiger partial charge >= 0.3 is 0 Å². The lowest BCUT2D eigenvalue weighted by Crippen LogP contribution is -2.68. The molecule has 4 heterocycles. The molecule has 74 heavy (non-hydrogen) atoms. The van der Waals surface area contributed by atoms with Crippen molar-refractivity contribution in [1.29, 1.82) is 0 Å². The highest BCUT2D eigenvalue weighted by Gasteiger charge is 2.71. The Labute approximate surface area is 432 Å². The van der Waals surface area contributed by atoms with Crippen molar-refractivity contribution in [2.24, 2.45) is 50.2 Å². The van der Waals surface area contributed by atoms with E-state index in [1.165, 1.54) is 5.57 Å². The van der Waals surface area contributed by atoms with Crippen molar-refractivity contribution >= 4 is 0 Å². The van der Waals surface area contributed by atoms with E-state index in [1.54, 1.807) is 0 Å². The average Bonchev–Trinajstić information content (AvgIpc) is 3.37. The Morgan fingerprint density at radius 2 is 1.14 bits per heavy atom. The van der Waals surface area contributed by atoms with Gasteiger partial charge in [-0.15, -0.1) is 0 Å². The number of ether oxygens (including phenoxy) is 8. The Kier molecular flexibility index (Phi) is 16.4. The van der Waals surface area contributed by atoms with Gasteiger partial charge in [0.2, 0.25) is 0 Å². The summed E-state index contributed by atoms with van der Waals surface area (Å²) in [6.45, 7) is 10.8. The van der Waals surface area contributed by atoms with Crippen LogP contribution in [0.3, 0.4) is 0 Å². The largest absolute Gasteiger partial charge is 0.396 e. The Bertz CT molecular complexity index is 1980. The molecule has 4 saturated carbocycles. The Balaban J connectivity index is 0.914. The van der Waals surface area contributed by atoms with Crippen LogP contribution in [0.15, 0.2) is 11.6 Å². The molecule has 22 nitrogen and oxygen atoms in total. The van der Waals surface area contributed by atoms with E-state index < -0.39 is 153 Å². The molecule has 0 spiro atoms. The highest BCUT2D eigenvalue weighted by Crippen LogP contribution is 2.76. The highest BCUT2D eigenvalue weighted by molar-refractivity contribution is 5.35. The lowest BCUT2D eigenvalue weighted by Gasteiger charge is -2.72. The molecule has 5 aliphatic carbocycles. The summed E-state index contributed by atoms with van der Waals surface area (Å²) in [6.07, 6.45) is -22.9. The smallest absolute Gasteiger partial charge is 0.187 e. The van der Waals surface area contributed by atoms with Gasteiger partial charge in [-0.25, -0.2) is 0 Å². The van der Waals surface area contributed by atoms with Gasteiger partial charge in [0, 0.05) is 10.8 Å². The van der Waals surface area contributed by atoms with Gasteiger partial charge in [0.1, 0.15) is 85.5 Å². The molecule has 9 rings (SSSR count). The number of allylic oxidation sites excluding steroid dienone is 2. The van der Waals surface area contributed by atoms with Gasteiger partial charge in [0.05, 0.1) is 51.8 Å². The molecule has 0 radical (unpaired) electrons. The van der Waals surface area contributed by atoms with Crippen molar-refractivity contribution in [3.8, 4) is 0 Å². The van der Waals surface area contributed by atoms with Crippen molar-refractivity contribution < 1.29 is 109 Å². The molecule has 8 fully saturated rings. The zero-order valence-electron chi connectivity index (χ0n) is 43.5. The van der Waals surface area contributed by atoms with E-state index in [1.807, 2.05) is 6.92 Å². The molecule has 0 aromatic carbocycles. The molecule has 28 atom stereocenters. The molecule has 22 heteroatoms. The lowest BCUT2D eigenvalue weighted by atomic mass is 9.33. The van der Waals surface area contributed by atoms with Crippen LogP contribution in [-0.2, 0) is 37.9 Å². The number of hydrogen-bond acceptors (Lipinski definition) is 22. The quantitative estimate of drug-likeness (QED) is 0.0719. The van der Waals surface area contributed by atoms with Crippen molar-refractivity contribution in [3.63, 3.8) is 0 Å². The third kappa shape index (κ3) is 9.20. The summed E-state index contributed by atoms with van der Waals surface area (Å²) < 4.78 is 47.7. The fourth-order valence-corrected chi connectivity index (χ4v) is 16.2. The maximum absolute atomic E-state index is 12.1. The minimum atomic E-state index is -2.02.